The Labute approximate surface area is 97.6 Å². The lowest BCUT2D eigenvalue weighted by Gasteiger charge is -2.10. The summed E-state index contributed by atoms with van der Waals surface area (Å²) in [5.41, 5.74) is 1.07. The van der Waals surface area contributed by atoms with Crippen LogP contribution < -0.4 is 4.74 Å². The zero-order valence-electron chi connectivity index (χ0n) is 10.3. The zero-order valence-corrected chi connectivity index (χ0v) is 10.3. The van der Waals surface area contributed by atoms with Crippen LogP contribution in [0.3, 0.4) is 0 Å². The first-order valence-electron chi connectivity index (χ1n) is 5.86. The molecule has 1 aromatic carbocycles. The molecule has 0 amide bonds. The van der Waals surface area contributed by atoms with Gasteiger partial charge < -0.3 is 4.74 Å². The Morgan fingerprint density at radius 3 is 2.19 bits per heavy atom. The highest BCUT2D eigenvalue weighted by Crippen LogP contribution is 2.15. The molecule has 88 valence electrons. The number of hydrogen-bond donors (Lipinski definition) is 0. The molecule has 0 aliphatic carbocycles. The van der Waals surface area contributed by atoms with Gasteiger partial charge in [-0.15, -0.1) is 0 Å². The van der Waals surface area contributed by atoms with Crippen LogP contribution >= 0.6 is 0 Å². The molecule has 0 aliphatic rings. The maximum absolute atomic E-state index is 11.9. The smallest absolute Gasteiger partial charge is 0.140 e. The lowest BCUT2D eigenvalue weighted by atomic mass is 9.93. The van der Waals surface area contributed by atoms with E-state index in [1.165, 1.54) is 0 Å². The summed E-state index contributed by atoms with van der Waals surface area (Å²) in [6.45, 7) is 4.14. The number of ketones is 1. The van der Waals surface area contributed by atoms with Crippen LogP contribution in [0.5, 0.6) is 5.75 Å². The van der Waals surface area contributed by atoms with Crippen molar-refractivity contribution in [3.8, 4) is 5.75 Å². The van der Waals surface area contributed by atoms with Crippen molar-refractivity contribution in [3.05, 3.63) is 29.8 Å². The minimum absolute atomic E-state index is 0.210. The summed E-state index contributed by atoms with van der Waals surface area (Å²) >= 11 is 0. The van der Waals surface area contributed by atoms with Crippen LogP contribution in [0, 0.1) is 5.92 Å². The fraction of sp³-hybridized carbons (Fsp3) is 0.500. The summed E-state index contributed by atoms with van der Waals surface area (Å²) in [5, 5.41) is 0. The van der Waals surface area contributed by atoms with Gasteiger partial charge >= 0.3 is 0 Å². The van der Waals surface area contributed by atoms with Gasteiger partial charge in [0, 0.05) is 12.3 Å². The molecule has 0 spiro atoms. The fourth-order valence-corrected chi connectivity index (χ4v) is 1.83. The van der Waals surface area contributed by atoms with Crippen molar-refractivity contribution in [2.75, 3.05) is 7.11 Å². The van der Waals surface area contributed by atoms with Crippen LogP contribution in [-0.2, 0) is 11.2 Å². The Morgan fingerprint density at radius 1 is 1.19 bits per heavy atom. The van der Waals surface area contributed by atoms with Crippen LogP contribution in [0.1, 0.15) is 32.3 Å². The summed E-state index contributed by atoms with van der Waals surface area (Å²) in [7, 11) is 1.64. The Hall–Kier alpha value is -1.31. The van der Waals surface area contributed by atoms with Crippen LogP contribution in [0.4, 0.5) is 0 Å². The van der Waals surface area contributed by atoms with Gasteiger partial charge in [-0.05, 0) is 30.5 Å². The Morgan fingerprint density at radius 2 is 1.75 bits per heavy atom. The van der Waals surface area contributed by atoms with Crippen LogP contribution in [0.2, 0.25) is 0 Å². The normalized spacial score (nSPS) is 10.5. The summed E-state index contributed by atoms with van der Waals surface area (Å²) in [6, 6.07) is 7.71. The van der Waals surface area contributed by atoms with E-state index < -0.39 is 0 Å². The van der Waals surface area contributed by atoms with E-state index in [1.54, 1.807) is 7.11 Å². The van der Waals surface area contributed by atoms with Crippen LogP contribution in [0.15, 0.2) is 24.3 Å². The third kappa shape index (κ3) is 3.37. The third-order valence-electron chi connectivity index (χ3n) is 2.98. The number of rotatable bonds is 6. The van der Waals surface area contributed by atoms with Gasteiger partial charge in [-0.3, -0.25) is 4.79 Å². The lowest BCUT2D eigenvalue weighted by molar-refractivity contribution is -0.122. The highest BCUT2D eigenvalue weighted by atomic mass is 16.5. The second-order valence-electron chi connectivity index (χ2n) is 4.00. The Kier molecular flexibility index (Phi) is 5.03. The Balaban J connectivity index is 2.62. The number of carbonyl (C=O) groups is 1. The standard InChI is InChI=1S/C14H20O2/c1-4-12(5-2)14(15)10-11-6-8-13(16-3)9-7-11/h6-9,12H,4-5,10H2,1-3H3. The van der Waals surface area contributed by atoms with Gasteiger partial charge in [0.05, 0.1) is 7.11 Å². The summed E-state index contributed by atoms with van der Waals surface area (Å²) < 4.78 is 5.08. The quantitative estimate of drug-likeness (QED) is 0.735. The highest BCUT2D eigenvalue weighted by molar-refractivity contribution is 5.83. The molecule has 0 bridgehead atoms. The SMILES string of the molecule is CCC(CC)C(=O)Cc1ccc(OC)cc1. The van der Waals surface area contributed by atoms with Gasteiger partial charge in [-0.25, -0.2) is 0 Å². The minimum Gasteiger partial charge on any atom is -0.497 e. The molecule has 1 rings (SSSR count). The fourth-order valence-electron chi connectivity index (χ4n) is 1.83. The minimum atomic E-state index is 0.210. The molecule has 0 radical (unpaired) electrons. The molecule has 0 unspecified atom stereocenters. The summed E-state index contributed by atoms with van der Waals surface area (Å²) in [6.07, 6.45) is 2.41. The van der Waals surface area contributed by atoms with E-state index in [1.807, 2.05) is 24.3 Å². The molecule has 0 N–H and O–H groups in total. The summed E-state index contributed by atoms with van der Waals surface area (Å²) in [4.78, 5) is 11.9. The molecule has 2 nitrogen and oxygen atoms in total. The number of ether oxygens (including phenoxy) is 1. The first kappa shape index (κ1) is 12.8. The van der Waals surface area contributed by atoms with Crippen molar-refractivity contribution in [2.45, 2.75) is 33.1 Å². The van der Waals surface area contributed by atoms with Gasteiger partial charge in [0.1, 0.15) is 11.5 Å². The van der Waals surface area contributed by atoms with E-state index in [2.05, 4.69) is 13.8 Å². The van der Waals surface area contributed by atoms with Gasteiger partial charge in [-0.1, -0.05) is 26.0 Å². The highest BCUT2D eigenvalue weighted by Gasteiger charge is 2.14. The topological polar surface area (TPSA) is 26.3 Å². The van der Waals surface area contributed by atoms with Crippen molar-refractivity contribution >= 4 is 5.78 Å². The van der Waals surface area contributed by atoms with E-state index in [4.69, 9.17) is 4.74 Å². The Bertz CT molecular complexity index is 323. The van der Waals surface area contributed by atoms with E-state index in [9.17, 15) is 4.79 Å². The van der Waals surface area contributed by atoms with E-state index in [-0.39, 0.29) is 5.92 Å². The largest absolute Gasteiger partial charge is 0.497 e. The van der Waals surface area contributed by atoms with Gasteiger partial charge in [0.2, 0.25) is 0 Å². The van der Waals surface area contributed by atoms with Crippen molar-refractivity contribution in [1.82, 2.24) is 0 Å². The number of Topliss-reactive ketones (excluding diaryl/α,β-unsaturated/α-hetero) is 1. The van der Waals surface area contributed by atoms with Crippen LogP contribution in [0.25, 0.3) is 0 Å². The van der Waals surface area contributed by atoms with Crippen molar-refractivity contribution < 1.29 is 9.53 Å². The van der Waals surface area contributed by atoms with E-state index in [0.717, 1.165) is 24.2 Å². The van der Waals surface area contributed by atoms with Gasteiger partial charge in [-0.2, -0.15) is 0 Å². The molecule has 1 aromatic rings. The molecule has 16 heavy (non-hydrogen) atoms. The molecule has 2 heteroatoms. The monoisotopic (exact) mass is 220 g/mol. The number of methoxy groups -OCH3 is 1. The molecule has 0 atom stereocenters. The first-order chi connectivity index (χ1) is 7.71. The molecule has 0 heterocycles. The van der Waals surface area contributed by atoms with Gasteiger partial charge in [0.25, 0.3) is 0 Å². The third-order valence-corrected chi connectivity index (χ3v) is 2.98. The molecule has 0 fully saturated rings. The number of benzene rings is 1. The second kappa shape index (κ2) is 6.31. The molecule has 0 aliphatic heterocycles. The predicted molar refractivity (Wildman–Crippen MR) is 65.8 cm³/mol. The number of hydrogen-bond acceptors (Lipinski definition) is 2. The number of carbonyl (C=O) groups excluding carboxylic acids is 1. The average Bonchev–Trinajstić information content (AvgIpc) is 2.31. The summed E-state index contributed by atoms with van der Waals surface area (Å²) in [5.74, 6) is 1.39. The molecule has 0 saturated heterocycles. The lowest BCUT2D eigenvalue weighted by Crippen LogP contribution is -2.15. The average molecular weight is 220 g/mol. The molecular weight excluding hydrogens is 200 g/mol. The molecule has 0 aromatic heterocycles. The van der Waals surface area contributed by atoms with Crippen molar-refractivity contribution in [3.63, 3.8) is 0 Å². The van der Waals surface area contributed by atoms with Crippen LogP contribution in [-0.4, -0.2) is 12.9 Å². The van der Waals surface area contributed by atoms with Crippen molar-refractivity contribution in [1.29, 1.82) is 0 Å². The van der Waals surface area contributed by atoms with E-state index >= 15 is 0 Å². The van der Waals surface area contributed by atoms with Gasteiger partial charge in [0.15, 0.2) is 0 Å². The molecular formula is C14H20O2. The molecule has 0 saturated carbocycles. The second-order valence-corrected chi connectivity index (χ2v) is 4.00. The van der Waals surface area contributed by atoms with E-state index in [0.29, 0.717) is 12.2 Å². The van der Waals surface area contributed by atoms with Crippen molar-refractivity contribution in [2.24, 2.45) is 5.92 Å². The first-order valence-corrected chi connectivity index (χ1v) is 5.86. The predicted octanol–water partition coefficient (Wildman–Crippen LogP) is 3.24. The maximum atomic E-state index is 11.9. The zero-order chi connectivity index (χ0) is 12.0. The maximum Gasteiger partial charge on any atom is 0.140 e.